The topological polar surface area (TPSA) is 81.2 Å². The number of hydrogen-bond donors (Lipinski definition) is 1. The van der Waals surface area contributed by atoms with Gasteiger partial charge in [-0.15, -0.1) is 11.8 Å². The lowest BCUT2D eigenvalue weighted by Crippen LogP contribution is -2.55. The monoisotopic (exact) mass is 529 g/mol. The second kappa shape index (κ2) is 11.5. The van der Waals surface area contributed by atoms with Gasteiger partial charge in [0.15, 0.2) is 0 Å². The lowest BCUT2D eigenvalue weighted by Gasteiger charge is -2.39. The Kier molecular flexibility index (Phi) is 8.34. The molecule has 0 radical (unpaired) electrons. The quantitative estimate of drug-likeness (QED) is 0.366. The molecule has 3 fully saturated rings. The van der Waals surface area contributed by atoms with E-state index in [1.807, 2.05) is 9.80 Å². The van der Waals surface area contributed by atoms with Crippen LogP contribution in [0.4, 0.5) is 0 Å². The first-order valence-electron chi connectivity index (χ1n) is 14.6. The van der Waals surface area contributed by atoms with E-state index in [0.29, 0.717) is 26.2 Å². The van der Waals surface area contributed by atoms with Crippen LogP contribution in [0.15, 0.2) is 24.3 Å². The Bertz CT molecular complexity index is 932. The van der Waals surface area contributed by atoms with Crippen LogP contribution in [0.25, 0.3) is 0 Å². The molecule has 1 aliphatic carbocycles. The minimum atomic E-state index is -0.701. The van der Waals surface area contributed by atoms with Gasteiger partial charge in [0.25, 0.3) is 0 Å². The van der Waals surface area contributed by atoms with Crippen LogP contribution in [0.3, 0.4) is 0 Å². The fourth-order valence-electron chi connectivity index (χ4n) is 7.39. The van der Waals surface area contributed by atoms with Crippen LogP contribution in [-0.2, 0) is 14.4 Å². The molecule has 4 heterocycles. The van der Waals surface area contributed by atoms with Crippen molar-refractivity contribution in [2.45, 2.75) is 93.2 Å². The zero-order valence-electron chi connectivity index (χ0n) is 22.2. The van der Waals surface area contributed by atoms with Crippen molar-refractivity contribution in [3.05, 3.63) is 24.3 Å². The summed E-state index contributed by atoms with van der Waals surface area (Å²) >= 11 is 1.69. The molecule has 0 aromatic heterocycles. The first-order valence-corrected chi connectivity index (χ1v) is 15.4. The number of fused-ring (bicyclic) bond motifs is 2. The van der Waals surface area contributed by atoms with Gasteiger partial charge in [-0.2, -0.15) is 0 Å². The van der Waals surface area contributed by atoms with Crippen LogP contribution in [-0.4, -0.2) is 92.4 Å². The number of unbranched alkanes of at least 4 members (excludes halogenated alkanes) is 3. The first-order chi connectivity index (χ1) is 18.0. The molecule has 1 saturated carbocycles. The number of hydrogen-bond acceptors (Lipinski definition) is 5. The average molecular weight is 530 g/mol. The molecule has 37 heavy (non-hydrogen) atoms. The van der Waals surface area contributed by atoms with Crippen molar-refractivity contribution in [3.8, 4) is 0 Å². The molecule has 5 atom stereocenters. The maximum absolute atomic E-state index is 14.4. The van der Waals surface area contributed by atoms with Gasteiger partial charge in [0.05, 0.1) is 16.6 Å². The van der Waals surface area contributed by atoms with Crippen molar-refractivity contribution in [2.24, 2.45) is 11.8 Å². The van der Waals surface area contributed by atoms with Gasteiger partial charge in [-0.05, 0) is 32.1 Å². The van der Waals surface area contributed by atoms with E-state index in [1.54, 1.807) is 11.8 Å². The summed E-state index contributed by atoms with van der Waals surface area (Å²) in [4.78, 5) is 48.3. The molecule has 0 aromatic carbocycles. The number of aliphatic hydroxyl groups excluding tert-OH is 1. The Morgan fingerprint density at radius 1 is 0.946 bits per heavy atom. The van der Waals surface area contributed by atoms with Gasteiger partial charge >= 0.3 is 0 Å². The summed E-state index contributed by atoms with van der Waals surface area (Å²) in [5.41, 5.74) is 0. The fraction of sp³-hybridized carbons (Fsp3) is 0.759. The van der Waals surface area contributed by atoms with Gasteiger partial charge in [-0.1, -0.05) is 63.3 Å². The summed E-state index contributed by atoms with van der Waals surface area (Å²) in [6, 6.07) is -0.318. The summed E-state index contributed by atoms with van der Waals surface area (Å²) in [5.74, 6) is -0.809. The second-order valence-electron chi connectivity index (χ2n) is 11.4. The van der Waals surface area contributed by atoms with Gasteiger partial charge in [0.1, 0.15) is 6.04 Å². The molecule has 8 heteroatoms. The van der Waals surface area contributed by atoms with Crippen molar-refractivity contribution < 1.29 is 19.5 Å². The molecule has 204 valence electrons. The number of rotatable bonds is 9. The fourth-order valence-corrected chi connectivity index (χ4v) is 9.39. The number of thioether (sulfide) groups is 1. The van der Waals surface area contributed by atoms with Crippen molar-refractivity contribution in [1.82, 2.24) is 14.7 Å². The van der Waals surface area contributed by atoms with E-state index in [1.165, 1.54) is 6.42 Å². The second-order valence-corrected chi connectivity index (χ2v) is 12.9. The van der Waals surface area contributed by atoms with Crippen LogP contribution in [0, 0.1) is 11.8 Å². The molecule has 1 N–H and O–H groups in total. The van der Waals surface area contributed by atoms with E-state index in [4.69, 9.17) is 5.11 Å². The summed E-state index contributed by atoms with van der Waals surface area (Å²) in [5, 5.41) is 9.06. The maximum Gasteiger partial charge on any atom is 0.247 e. The van der Waals surface area contributed by atoms with Crippen LogP contribution >= 0.6 is 11.8 Å². The van der Waals surface area contributed by atoms with Crippen molar-refractivity contribution in [3.63, 3.8) is 0 Å². The minimum Gasteiger partial charge on any atom is -0.396 e. The highest BCUT2D eigenvalue weighted by atomic mass is 32.2. The predicted molar refractivity (Wildman–Crippen MR) is 146 cm³/mol. The Balaban J connectivity index is 1.49. The van der Waals surface area contributed by atoms with Crippen LogP contribution in [0.5, 0.6) is 0 Å². The lowest BCUT2D eigenvalue weighted by atomic mass is 9.78. The maximum atomic E-state index is 14.4. The van der Waals surface area contributed by atoms with E-state index in [0.717, 1.165) is 57.8 Å². The molecule has 4 aliphatic heterocycles. The molecule has 5 rings (SSSR count). The smallest absolute Gasteiger partial charge is 0.247 e. The van der Waals surface area contributed by atoms with Crippen LogP contribution in [0.1, 0.15) is 71.1 Å². The molecule has 2 saturated heterocycles. The third-order valence-corrected chi connectivity index (χ3v) is 10.8. The van der Waals surface area contributed by atoms with Crippen molar-refractivity contribution >= 4 is 29.5 Å². The summed E-state index contributed by atoms with van der Waals surface area (Å²) in [7, 11) is 0. The van der Waals surface area contributed by atoms with Crippen molar-refractivity contribution in [2.75, 3.05) is 32.8 Å². The van der Waals surface area contributed by atoms with E-state index in [2.05, 4.69) is 36.1 Å². The van der Waals surface area contributed by atoms with E-state index in [-0.39, 0.29) is 35.6 Å². The third-order valence-electron chi connectivity index (χ3n) is 9.09. The third kappa shape index (κ3) is 4.77. The summed E-state index contributed by atoms with van der Waals surface area (Å²) in [6.45, 7) is 4.66. The number of likely N-dealkylation sites (tertiary alicyclic amines) is 1. The van der Waals surface area contributed by atoms with Gasteiger partial charge in [0.2, 0.25) is 17.7 Å². The number of nitrogens with zero attached hydrogens (tertiary/aromatic N) is 3. The number of carbonyl (C=O) groups excluding carboxylic acids is 3. The molecule has 5 aliphatic rings. The zero-order valence-corrected chi connectivity index (χ0v) is 23.0. The number of carbonyl (C=O) groups is 3. The Morgan fingerprint density at radius 3 is 2.49 bits per heavy atom. The Labute approximate surface area is 225 Å². The molecular formula is C29H43N3O4S. The normalized spacial score (nSPS) is 34.0. The SMILES string of the molecule is CCCN1CC=C[C@H]2S[C@]34C=CCN(C5CCCCC5)C(=O)C3N(CCCCCCO)C(=O)[C@@H]4[C@H]2C1=O. The number of aliphatic hydroxyl groups is 1. The van der Waals surface area contributed by atoms with E-state index >= 15 is 0 Å². The molecule has 7 nitrogen and oxygen atoms in total. The molecule has 1 unspecified atom stereocenters. The standard InChI is InChI=1S/C29H43N3O4S/c1-2-16-30-17-10-14-22-23(26(30)34)24-27(35)32(18-8-3-4-9-20-33)25-28(36)31(21-12-6-5-7-13-21)19-11-15-29(24,25)37-22/h10-11,14-15,21-25,33H,2-9,12-13,16-20H2,1H3/t22-,23+,24+,25?,29+/m1/s1. The summed E-state index contributed by atoms with van der Waals surface area (Å²) < 4.78 is -0.701. The van der Waals surface area contributed by atoms with Crippen LogP contribution in [0.2, 0.25) is 0 Å². The highest BCUT2D eigenvalue weighted by Gasteiger charge is 2.71. The zero-order chi connectivity index (χ0) is 26.0. The highest BCUT2D eigenvalue weighted by Crippen LogP contribution is 2.61. The molecule has 0 bridgehead atoms. The van der Waals surface area contributed by atoms with E-state index in [9.17, 15) is 14.4 Å². The summed E-state index contributed by atoms with van der Waals surface area (Å²) in [6.07, 6.45) is 18.3. The minimum absolute atomic E-state index is 0.0178. The van der Waals surface area contributed by atoms with Gasteiger partial charge in [0, 0.05) is 44.1 Å². The predicted octanol–water partition coefficient (Wildman–Crippen LogP) is 3.38. The molecule has 0 aromatic rings. The molecule has 1 spiro atoms. The van der Waals surface area contributed by atoms with Crippen LogP contribution < -0.4 is 0 Å². The molecule has 3 amide bonds. The van der Waals surface area contributed by atoms with E-state index < -0.39 is 22.6 Å². The van der Waals surface area contributed by atoms with Gasteiger partial charge in [-0.25, -0.2) is 0 Å². The first kappa shape index (κ1) is 26.8. The van der Waals surface area contributed by atoms with Gasteiger partial charge in [-0.3, -0.25) is 14.4 Å². The Hall–Kier alpha value is -1.80. The Morgan fingerprint density at radius 2 is 1.73 bits per heavy atom. The number of amides is 3. The highest BCUT2D eigenvalue weighted by molar-refractivity contribution is 8.02. The average Bonchev–Trinajstić information content (AvgIpc) is 3.21. The van der Waals surface area contributed by atoms with Gasteiger partial charge < -0.3 is 19.8 Å². The lowest BCUT2D eigenvalue weighted by molar-refractivity contribution is -0.145. The largest absolute Gasteiger partial charge is 0.396 e. The molecular weight excluding hydrogens is 486 g/mol. The van der Waals surface area contributed by atoms with Crippen molar-refractivity contribution in [1.29, 1.82) is 0 Å².